The molecule has 3 rings (SSSR count). The highest BCUT2D eigenvalue weighted by atomic mass is 19.1. The van der Waals surface area contributed by atoms with Gasteiger partial charge in [0, 0.05) is 18.8 Å². The number of ketones is 1. The van der Waals surface area contributed by atoms with Crippen LogP contribution in [0.15, 0.2) is 73.1 Å². The van der Waals surface area contributed by atoms with Crippen molar-refractivity contribution in [2.75, 3.05) is 18.5 Å². The molecule has 1 N–H and O–H groups in total. The van der Waals surface area contributed by atoms with Crippen LogP contribution in [0.1, 0.15) is 21.5 Å². The van der Waals surface area contributed by atoms with Gasteiger partial charge in [-0.25, -0.2) is 9.18 Å². The second kappa shape index (κ2) is 10.1. The number of amides is 2. The number of likely N-dealkylation sites (N-methyl/N-ethyl adjacent to an activating group) is 1. The van der Waals surface area contributed by atoms with Crippen LogP contribution in [0.25, 0.3) is 0 Å². The molecule has 0 spiro atoms. The van der Waals surface area contributed by atoms with Gasteiger partial charge in [0.15, 0.2) is 5.78 Å². The van der Waals surface area contributed by atoms with Gasteiger partial charge in [-0.1, -0.05) is 42.5 Å². The number of aromatic nitrogens is 1. The number of rotatable bonds is 7. The molecule has 8 heteroatoms. The van der Waals surface area contributed by atoms with Crippen molar-refractivity contribution in [3.63, 3.8) is 0 Å². The van der Waals surface area contributed by atoms with E-state index in [1.54, 1.807) is 6.07 Å². The van der Waals surface area contributed by atoms with Crippen molar-refractivity contribution < 1.29 is 23.5 Å². The van der Waals surface area contributed by atoms with Crippen LogP contribution in [0, 0.1) is 5.82 Å². The highest BCUT2D eigenvalue weighted by molar-refractivity contribution is 6.14. The second-order valence-corrected chi connectivity index (χ2v) is 6.57. The molecule has 31 heavy (non-hydrogen) atoms. The number of anilines is 1. The number of benzene rings is 2. The molecular formula is C23H20FN3O4. The molecule has 0 unspecified atom stereocenters. The summed E-state index contributed by atoms with van der Waals surface area (Å²) in [5.74, 6) is -1.75. The summed E-state index contributed by atoms with van der Waals surface area (Å²) >= 11 is 0. The Bertz CT molecular complexity index is 1090. The van der Waals surface area contributed by atoms with Crippen LogP contribution in [0.2, 0.25) is 0 Å². The van der Waals surface area contributed by atoms with Crippen molar-refractivity contribution >= 4 is 23.5 Å². The maximum Gasteiger partial charge on any atom is 0.407 e. The molecule has 0 saturated carbocycles. The molecule has 0 aliphatic carbocycles. The molecule has 0 radical (unpaired) electrons. The highest BCUT2D eigenvalue weighted by Gasteiger charge is 2.22. The third kappa shape index (κ3) is 5.51. The van der Waals surface area contributed by atoms with E-state index in [0.717, 1.165) is 5.56 Å². The minimum absolute atomic E-state index is 0.0700. The summed E-state index contributed by atoms with van der Waals surface area (Å²) in [4.78, 5) is 42.3. The second-order valence-electron chi connectivity index (χ2n) is 6.57. The van der Waals surface area contributed by atoms with Gasteiger partial charge in [0.05, 0.1) is 17.4 Å². The van der Waals surface area contributed by atoms with Crippen molar-refractivity contribution in [1.82, 2.24) is 10.3 Å². The first-order valence-electron chi connectivity index (χ1n) is 9.41. The fraction of sp³-hybridized carbons (Fsp3) is 0.130. The molecule has 158 valence electrons. The van der Waals surface area contributed by atoms with Gasteiger partial charge in [-0.2, -0.15) is 0 Å². The van der Waals surface area contributed by atoms with Gasteiger partial charge < -0.3 is 15.0 Å². The first-order valence-corrected chi connectivity index (χ1v) is 9.41. The third-order valence-electron chi connectivity index (χ3n) is 4.50. The zero-order valence-electron chi connectivity index (χ0n) is 16.7. The topological polar surface area (TPSA) is 88.6 Å². The van der Waals surface area contributed by atoms with Crippen molar-refractivity contribution in [3.05, 3.63) is 95.6 Å². The van der Waals surface area contributed by atoms with Gasteiger partial charge in [-0.3, -0.25) is 14.6 Å². The molecule has 1 heterocycles. The summed E-state index contributed by atoms with van der Waals surface area (Å²) in [6, 6.07) is 16.1. The molecule has 0 aliphatic heterocycles. The molecule has 0 saturated heterocycles. The van der Waals surface area contributed by atoms with Crippen LogP contribution < -0.4 is 10.2 Å². The van der Waals surface area contributed by atoms with E-state index in [1.165, 1.54) is 48.6 Å². The molecule has 1 aromatic heterocycles. The fourth-order valence-electron chi connectivity index (χ4n) is 2.81. The zero-order valence-corrected chi connectivity index (χ0v) is 16.7. The number of alkyl carbamates (subject to hydrolysis) is 1. The van der Waals surface area contributed by atoms with Gasteiger partial charge in [0.1, 0.15) is 19.0 Å². The van der Waals surface area contributed by atoms with Crippen LogP contribution in [0.5, 0.6) is 0 Å². The van der Waals surface area contributed by atoms with Crippen LogP contribution in [0.3, 0.4) is 0 Å². The minimum atomic E-state index is -0.751. The van der Waals surface area contributed by atoms with E-state index in [2.05, 4.69) is 10.3 Å². The van der Waals surface area contributed by atoms with E-state index in [1.807, 2.05) is 30.3 Å². The zero-order chi connectivity index (χ0) is 22.2. The number of ether oxygens (including phenoxy) is 1. The van der Waals surface area contributed by atoms with Crippen molar-refractivity contribution in [1.29, 1.82) is 0 Å². The van der Waals surface area contributed by atoms with Crippen molar-refractivity contribution in [2.45, 2.75) is 6.61 Å². The summed E-state index contributed by atoms with van der Waals surface area (Å²) in [7, 11) is 1.44. The summed E-state index contributed by atoms with van der Waals surface area (Å²) in [6.07, 6.45) is 1.97. The predicted octanol–water partition coefficient (Wildman–Crippen LogP) is 3.34. The molecule has 2 aromatic carbocycles. The number of nitrogens with zero attached hydrogens (tertiary/aromatic N) is 2. The largest absolute Gasteiger partial charge is 0.445 e. The molecule has 0 fully saturated rings. The Morgan fingerprint density at radius 1 is 1.00 bits per heavy atom. The van der Waals surface area contributed by atoms with Gasteiger partial charge in [0.2, 0.25) is 5.91 Å². The molecule has 2 amide bonds. The van der Waals surface area contributed by atoms with Crippen molar-refractivity contribution in [3.8, 4) is 0 Å². The number of nitrogens with one attached hydrogen (secondary N) is 1. The first kappa shape index (κ1) is 21.6. The van der Waals surface area contributed by atoms with E-state index >= 15 is 0 Å². The molecular weight excluding hydrogens is 401 g/mol. The molecule has 3 aromatic rings. The summed E-state index contributed by atoms with van der Waals surface area (Å²) in [5.41, 5.74) is 1.01. The number of halogens is 1. The van der Waals surface area contributed by atoms with E-state index < -0.39 is 23.6 Å². The number of hydrogen-bond acceptors (Lipinski definition) is 5. The van der Waals surface area contributed by atoms with E-state index in [4.69, 9.17) is 4.74 Å². The number of hydrogen-bond donors (Lipinski definition) is 1. The summed E-state index contributed by atoms with van der Waals surface area (Å²) in [5, 5.41) is 2.38. The van der Waals surface area contributed by atoms with Crippen LogP contribution in [-0.4, -0.2) is 36.4 Å². The SMILES string of the molecule is CN(C(=O)CNC(=O)OCc1ccccc1)c1cnccc1C(=O)c1ccccc1F. The standard InChI is InChI=1S/C23H20FN3O4/c1-27(21(28)14-26-23(30)31-15-16-7-3-2-4-8-16)20-13-25-12-11-18(20)22(29)17-9-5-6-10-19(17)24/h2-13H,14-15H2,1H3,(H,26,30). The number of carbonyl (C=O) groups excluding carboxylic acids is 3. The molecule has 0 aliphatic rings. The Morgan fingerprint density at radius 2 is 1.71 bits per heavy atom. The van der Waals surface area contributed by atoms with Gasteiger partial charge in [0.25, 0.3) is 0 Å². The lowest BCUT2D eigenvalue weighted by atomic mass is 10.0. The van der Waals surface area contributed by atoms with E-state index in [-0.39, 0.29) is 30.0 Å². The fourth-order valence-corrected chi connectivity index (χ4v) is 2.81. The molecule has 7 nitrogen and oxygen atoms in total. The Kier molecular flexibility index (Phi) is 7.05. The highest BCUT2D eigenvalue weighted by Crippen LogP contribution is 2.22. The minimum Gasteiger partial charge on any atom is -0.445 e. The van der Waals surface area contributed by atoms with Crippen LogP contribution >= 0.6 is 0 Å². The maximum absolute atomic E-state index is 14.0. The van der Waals surface area contributed by atoms with Gasteiger partial charge in [-0.05, 0) is 23.8 Å². The van der Waals surface area contributed by atoms with Crippen LogP contribution in [0.4, 0.5) is 14.9 Å². The Hall–Kier alpha value is -4.07. The maximum atomic E-state index is 14.0. The Labute approximate surface area is 178 Å². The Morgan fingerprint density at radius 3 is 2.45 bits per heavy atom. The number of carbonyl (C=O) groups is 3. The quantitative estimate of drug-likeness (QED) is 0.591. The predicted molar refractivity (Wildman–Crippen MR) is 112 cm³/mol. The smallest absolute Gasteiger partial charge is 0.407 e. The Balaban J connectivity index is 1.64. The summed E-state index contributed by atoms with van der Waals surface area (Å²) < 4.78 is 19.1. The summed E-state index contributed by atoms with van der Waals surface area (Å²) in [6.45, 7) is -0.285. The van der Waals surface area contributed by atoms with E-state index in [9.17, 15) is 18.8 Å². The average Bonchev–Trinajstić information content (AvgIpc) is 2.81. The lowest BCUT2D eigenvalue weighted by molar-refractivity contribution is -0.117. The number of pyridine rings is 1. The first-order chi connectivity index (χ1) is 15.0. The van der Waals surface area contributed by atoms with Gasteiger partial charge in [-0.15, -0.1) is 0 Å². The third-order valence-corrected chi connectivity index (χ3v) is 4.50. The monoisotopic (exact) mass is 421 g/mol. The molecule has 0 atom stereocenters. The van der Waals surface area contributed by atoms with E-state index in [0.29, 0.717) is 0 Å². The normalized spacial score (nSPS) is 10.3. The van der Waals surface area contributed by atoms with Crippen LogP contribution in [-0.2, 0) is 16.1 Å². The average molecular weight is 421 g/mol. The lowest BCUT2D eigenvalue weighted by Gasteiger charge is -2.20. The van der Waals surface area contributed by atoms with Gasteiger partial charge >= 0.3 is 6.09 Å². The van der Waals surface area contributed by atoms with Crippen molar-refractivity contribution in [2.24, 2.45) is 0 Å². The lowest BCUT2D eigenvalue weighted by Crippen LogP contribution is -2.39. The molecule has 0 bridgehead atoms.